The van der Waals surface area contributed by atoms with Crippen molar-refractivity contribution in [3.8, 4) is 0 Å². The molecule has 3 aromatic heterocycles. The summed E-state index contributed by atoms with van der Waals surface area (Å²) in [6.45, 7) is 2.37. The van der Waals surface area contributed by atoms with Crippen molar-refractivity contribution in [1.29, 1.82) is 0 Å². The average molecular weight is 436 g/mol. The molecule has 158 valence electrons. The van der Waals surface area contributed by atoms with Crippen molar-refractivity contribution in [2.75, 3.05) is 5.32 Å². The molecule has 0 aliphatic heterocycles. The molecule has 9 heteroatoms. The van der Waals surface area contributed by atoms with Crippen LogP contribution in [0.15, 0.2) is 64.7 Å². The van der Waals surface area contributed by atoms with Crippen LogP contribution in [-0.2, 0) is 29.1 Å². The van der Waals surface area contributed by atoms with Crippen LogP contribution in [-0.4, -0.2) is 26.6 Å². The first-order valence-electron chi connectivity index (χ1n) is 9.59. The van der Waals surface area contributed by atoms with E-state index in [1.807, 2.05) is 43.5 Å². The van der Waals surface area contributed by atoms with Crippen LogP contribution in [0.4, 0.5) is 5.69 Å². The summed E-state index contributed by atoms with van der Waals surface area (Å²) in [7, 11) is 0. The smallest absolute Gasteiger partial charge is 0.374 e. The molecule has 0 fully saturated rings. The van der Waals surface area contributed by atoms with Crippen molar-refractivity contribution in [2.24, 2.45) is 0 Å². The van der Waals surface area contributed by atoms with E-state index < -0.39 is 5.97 Å². The van der Waals surface area contributed by atoms with E-state index in [1.54, 1.807) is 28.4 Å². The number of furan rings is 1. The fourth-order valence-electron chi connectivity index (χ4n) is 2.88. The molecule has 1 amide bonds. The number of thiazole rings is 1. The van der Waals surface area contributed by atoms with E-state index in [4.69, 9.17) is 9.15 Å². The summed E-state index contributed by atoms with van der Waals surface area (Å²) in [5.41, 5.74) is 2.36. The van der Waals surface area contributed by atoms with Crippen LogP contribution >= 0.6 is 11.3 Å². The molecule has 4 aromatic rings. The molecule has 1 N–H and O–H groups in total. The number of benzene rings is 1. The molecule has 3 heterocycles. The summed E-state index contributed by atoms with van der Waals surface area (Å²) in [5, 5.41) is 9.40. The molecular weight excluding hydrogens is 416 g/mol. The Kier molecular flexibility index (Phi) is 6.23. The molecule has 0 saturated heterocycles. The number of carbonyl (C=O) groups excluding carboxylic acids is 2. The lowest BCUT2D eigenvalue weighted by molar-refractivity contribution is -0.115. The maximum Gasteiger partial charge on any atom is 0.374 e. The summed E-state index contributed by atoms with van der Waals surface area (Å²) >= 11 is 1.35. The fourth-order valence-corrected chi connectivity index (χ4v) is 3.66. The van der Waals surface area contributed by atoms with Gasteiger partial charge in [-0.2, -0.15) is 5.10 Å². The van der Waals surface area contributed by atoms with Gasteiger partial charge < -0.3 is 14.5 Å². The number of esters is 1. The second kappa shape index (κ2) is 9.40. The van der Waals surface area contributed by atoms with Crippen LogP contribution in [0.25, 0.3) is 0 Å². The predicted octanol–water partition coefficient (Wildman–Crippen LogP) is 3.83. The van der Waals surface area contributed by atoms with E-state index >= 15 is 0 Å². The van der Waals surface area contributed by atoms with Crippen LogP contribution < -0.4 is 5.32 Å². The second-order valence-electron chi connectivity index (χ2n) is 6.82. The first kappa shape index (κ1) is 20.5. The van der Waals surface area contributed by atoms with Crippen molar-refractivity contribution in [3.05, 3.63) is 88.0 Å². The molecular formula is C22H20N4O4S. The minimum absolute atomic E-state index is 0.00390. The first-order chi connectivity index (χ1) is 15.1. The molecule has 1 aromatic carbocycles. The third-order valence-electron chi connectivity index (χ3n) is 4.42. The van der Waals surface area contributed by atoms with Crippen molar-refractivity contribution >= 4 is 28.9 Å². The van der Waals surface area contributed by atoms with E-state index in [0.29, 0.717) is 23.0 Å². The van der Waals surface area contributed by atoms with Gasteiger partial charge in [-0.25, -0.2) is 9.78 Å². The Morgan fingerprint density at radius 3 is 2.87 bits per heavy atom. The van der Waals surface area contributed by atoms with E-state index in [2.05, 4.69) is 15.4 Å². The van der Waals surface area contributed by atoms with Crippen molar-refractivity contribution in [3.63, 3.8) is 0 Å². The largest absolute Gasteiger partial charge is 0.453 e. The number of nitrogens with one attached hydrogen (secondary N) is 1. The minimum Gasteiger partial charge on any atom is -0.453 e. The number of aryl methyl sites for hydroxylation is 1. The van der Waals surface area contributed by atoms with Crippen LogP contribution in [0.5, 0.6) is 0 Å². The summed E-state index contributed by atoms with van der Waals surface area (Å²) in [6, 6.07) is 12.7. The number of para-hydroxylation sites is 1. The lowest BCUT2D eigenvalue weighted by atomic mass is 10.2. The third kappa shape index (κ3) is 5.46. The number of ether oxygens (including phenoxy) is 1. The summed E-state index contributed by atoms with van der Waals surface area (Å²) in [5.74, 6) is 0.00697. The number of hydrogen-bond donors (Lipinski definition) is 1. The molecule has 0 bridgehead atoms. The number of aromatic nitrogens is 3. The highest BCUT2D eigenvalue weighted by atomic mass is 32.1. The maximum absolute atomic E-state index is 12.3. The number of amides is 1. The Labute approximate surface area is 182 Å². The molecule has 0 saturated carbocycles. The molecule has 0 unspecified atom stereocenters. The predicted molar refractivity (Wildman–Crippen MR) is 115 cm³/mol. The van der Waals surface area contributed by atoms with Crippen molar-refractivity contribution in [1.82, 2.24) is 14.8 Å². The molecule has 0 aliphatic rings. The number of carbonyl (C=O) groups is 2. The Bertz CT molecular complexity index is 1180. The molecule has 4 rings (SSSR count). The standard InChI is InChI=1S/C22H20N4O4S/c1-15-5-2-3-6-18(15)25-20(27)11-21-24-16(14-31-21)13-29-22(28)19-8-7-17(30-19)12-26-10-4-9-23-26/h2-10,14H,11-13H2,1H3,(H,25,27). The monoisotopic (exact) mass is 436 g/mol. The van der Waals surface area contributed by atoms with E-state index in [0.717, 1.165) is 11.3 Å². The Morgan fingerprint density at radius 1 is 1.19 bits per heavy atom. The summed E-state index contributed by atoms with van der Waals surface area (Å²) in [6.07, 6.45) is 3.64. The Hall–Kier alpha value is -3.72. The number of hydrogen-bond acceptors (Lipinski definition) is 7. The van der Waals surface area contributed by atoms with Gasteiger partial charge in [0.05, 0.1) is 18.7 Å². The van der Waals surface area contributed by atoms with Gasteiger partial charge in [0.1, 0.15) is 17.4 Å². The van der Waals surface area contributed by atoms with E-state index in [9.17, 15) is 9.59 Å². The van der Waals surface area contributed by atoms with Gasteiger partial charge in [0.15, 0.2) is 0 Å². The van der Waals surface area contributed by atoms with Crippen LogP contribution in [0.1, 0.15) is 32.6 Å². The SMILES string of the molecule is Cc1ccccc1NC(=O)Cc1nc(COC(=O)c2ccc(Cn3cccn3)o2)cs1. The molecule has 0 radical (unpaired) electrons. The molecule has 0 spiro atoms. The highest BCUT2D eigenvalue weighted by molar-refractivity contribution is 7.09. The Balaban J connectivity index is 1.27. The highest BCUT2D eigenvalue weighted by Gasteiger charge is 2.15. The molecule has 0 atom stereocenters. The fraction of sp³-hybridized carbons (Fsp3) is 0.182. The highest BCUT2D eigenvalue weighted by Crippen LogP contribution is 2.17. The van der Waals surface area contributed by atoms with Gasteiger partial charge in [0.2, 0.25) is 11.7 Å². The van der Waals surface area contributed by atoms with Gasteiger partial charge in [-0.15, -0.1) is 11.3 Å². The van der Waals surface area contributed by atoms with Gasteiger partial charge in [0, 0.05) is 23.5 Å². The van der Waals surface area contributed by atoms with Gasteiger partial charge in [-0.1, -0.05) is 18.2 Å². The quantitative estimate of drug-likeness (QED) is 0.422. The number of rotatable bonds is 8. The first-order valence-corrected chi connectivity index (χ1v) is 10.5. The van der Waals surface area contributed by atoms with Gasteiger partial charge in [-0.3, -0.25) is 9.48 Å². The van der Waals surface area contributed by atoms with Crippen LogP contribution in [0, 0.1) is 6.92 Å². The number of anilines is 1. The zero-order chi connectivity index (χ0) is 21.6. The van der Waals surface area contributed by atoms with Crippen LogP contribution in [0.2, 0.25) is 0 Å². The third-order valence-corrected chi connectivity index (χ3v) is 5.32. The average Bonchev–Trinajstić information content (AvgIpc) is 3.51. The zero-order valence-corrected chi connectivity index (χ0v) is 17.6. The van der Waals surface area contributed by atoms with Gasteiger partial charge in [0.25, 0.3) is 0 Å². The summed E-state index contributed by atoms with van der Waals surface area (Å²) < 4.78 is 12.5. The molecule has 8 nitrogen and oxygen atoms in total. The topological polar surface area (TPSA) is 99.2 Å². The van der Waals surface area contributed by atoms with E-state index in [1.165, 1.54) is 11.3 Å². The normalized spacial score (nSPS) is 10.7. The summed E-state index contributed by atoms with van der Waals surface area (Å²) in [4.78, 5) is 28.9. The minimum atomic E-state index is -0.571. The van der Waals surface area contributed by atoms with Crippen molar-refractivity contribution < 1.29 is 18.7 Å². The second-order valence-corrected chi connectivity index (χ2v) is 7.76. The van der Waals surface area contributed by atoms with Gasteiger partial charge >= 0.3 is 5.97 Å². The lowest BCUT2D eigenvalue weighted by Crippen LogP contribution is -2.15. The lowest BCUT2D eigenvalue weighted by Gasteiger charge is -2.06. The zero-order valence-electron chi connectivity index (χ0n) is 16.8. The van der Waals surface area contributed by atoms with E-state index in [-0.39, 0.29) is 24.7 Å². The molecule has 0 aliphatic carbocycles. The van der Waals surface area contributed by atoms with Crippen molar-refractivity contribution in [2.45, 2.75) is 26.5 Å². The molecule has 31 heavy (non-hydrogen) atoms. The van der Waals surface area contributed by atoms with Gasteiger partial charge in [-0.05, 0) is 36.8 Å². The van der Waals surface area contributed by atoms with Crippen LogP contribution in [0.3, 0.4) is 0 Å². The maximum atomic E-state index is 12.3. The number of nitrogens with zero attached hydrogens (tertiary/aromatic N) is 3. The Morgan fingerprint density at radius 2 is 2.06 bits per heavy atom.